The van der Waals surface area contributed by atoms with Crippen molar-refractivity contribution < 1.29 is 44.1 Å². The third-order valence-electron chi connectivity index (χ3n) is 6.34. The van der Waals surface area contributed by atoms with Crippen molar-refractivity contribution in [1.29, 1.82) is 0 Å². The van der Waals surface area contributed by atoms with Gasteiger partial charge in [-0.3, -0.25) is 24.0 Å². The molecule has 0 bridgehead atoms. The number of imidazole rings is 1. The molecule has 16 nitrogen and oxygen atoms in total. The zero-order valence-corrected chi connectivity index (χ0v) is 22.2. The monoisotopic (exact) mass is 585 g/mol. The summed E-state index contributed by atoms with van der Waals surface area (Å²) in [5.74, 6) is -7.12. The summed E-state index contributed by atoms with van der Waals surface area (Å²) in [6.45, 7) is 0. The Bertz CT molecular complexity index is 1440. The number of aromatic amines is 2. The Hall–Kier alpha value is -5.25. The Morgan fingerprint density at radius 3 is 2.14 bits per heavy atom. The molecular formula is C26H31N7O9. The van der Waals surface area contributed by atoms with Gasteiger partial charge in [0.2, 0.25) is 17.7 Å². The summed E-state index contributed by atoms with van der Waals surface area (Å²) in [5.41, 5.74) is 8.02. The van der Waals surface area contributed by atoms with Crippen molar-refractivity contribution in [2.24, 2.45) is 5.73 Å². The largest absolute Gasteiger partial charge is 0.481 e. The van der Waals surface area contributed by atoms with Gasteiger partial charge in [-0.2, -0.15) is 0 Å². The van der Waals surface area contributed by atoms with E-state index in [1.54, 1.807) is 6.20 Å². The average molecular weight is 586 g/mol. The summed E-state index contributed by atoms with van der Waals surface area (Å²) in [5, 5.41) is 35.5. The first-order chi connectivity index (χ1) is 19.9. The molecule has 0 saturated carbocycles. The van der Waals surface area contributed by atoms with Gasteiger partial charge in [0.05, 0.1) is 18.8 Å². The highest BCUT2D eigenvalue weighted by Gasteiger charge is 2.32. The molecule has 0 aliphatic carbocycles. The molecule has 0 unspecified atom stereocenters. The van der Waals surface area contributed by atoms with E-state index in [1.807, 2.05) is 24.3 Å². The molecule has 0 spiro atoms. The van der Waals surface area contributed by atoms with Crippen molar-refractivity contribution in [3.05, 3.63) is 54.2 Å². The Morgan fingerprint density at radius 1 is 0.833 bits per heavy atom. The van der Waals surface area contributed by atoms with Crippen LogP contribution in [0.25, 0.3) is 10.9 Å². The van der Waals surface area contributed by atoms with E-state index in [1.165, 1.54) is 12.5 Å². The Morgan fingerprint density at radius 2 is 1.50 bits per heavy atom. The second-order valence-corrected chi connectivity index (χ2v) is 9.50. The van der Waals surface area contributed by atoms with Crippen molar-refractivity contribution in [2.45, 2.75) is 56.3 Å². The molecule has 16 heteroatoms. The number of carbonyl (C=O) groups is 6. The van der Waals surface area contributed by atoms with Crippen molar-refractivity contribution >= 4 is 46.5 Å². The zero-order chi connectivity index (χ0) is 30.8. The first-order valence-electron chi connectivity index (χ1n) is 12.8. The second-order valence-electron chi connectivity index (χ2n) is 9.50. The fourth-order valence-corrected chi connectivity index (χ4v) is 4.19. The molecule has 3 rings (SSSR count). The lowest BCUT2D eigenvalue weighted by atomic mass is 10.0. The topological polar surface area (TPSA) is 270 Å². The van der Waals surface area contributed by atoms with Crippen molar-refractivity contribution in [3.8, 4) is 0 Å². The Balaban J connectivity index is 1.71. The highest BCUT2D eigenvalue weighted by Crippen LogP contribution is 2.19. The number of hydrogen-bond acceptors (Lipinski definition) is 8. The molecule has 3 amide bonds. The number of amides is 3. The summed E-state index contributed by atoms with van der Waals surface area (Å²) in [6.07, 6.45) is 2.36. The van der Waals surface area contributed by atoms with Crippen LogP contribution in [0.15, 0.2) is 43.0 Å². The van der Waals surface area contributed by atoms with Crippen LogP contribution < -0.4 is 21.7 Å². The molecule has 0 fully saturated rings. The first-order valence-corrected chi connectivity index (χ1v) is 12.8. The summed E-state index contributed by atoms with van der Waals surface area (Å²) in [4.78, 5) is 82.7. The number of hydrogen-bond donors (Lipinski definition) is 9. The van der Waals surface area contributed by atoms with Crippen molar-refractivity contribution in [2.75, 3.05) is 0 Å². The van der Waals surface area contributed by atoms with Crippen LogP contribution in [0, 0.1) is 0 Å². The first kappa shape index (κ1) is 31.3. The number of para-hydroxylation sites is 1. The van der Waals surface area contributed by atoms with Crippen molar-refractivity contribution in [3.63, 3.8) is 0 Å². The summed E-state index contributed by atoms with van der Waals surface area (Å²) in [7, 11) is 0. The summed E-state index contributed by atoms with van der Waals surface area (Å²) >= 11 is 0. The highest BCUT2D eigenvalue weighted by atomic mass is 16.4. The molecule has 1 aromatic carbocycles. The van der Waals surface area contributed by atoms with Gasteiger partial charge in [0.25, 0.3) is 0 Å². The number of carboxylic acid groups (broad SMARTS) is 3. The van der Waals surface area contributed by atoms with Gasteiger partial charge >= 0.3 is 17.9 Å². The maximum atomic E-state index is 13.1. The van der Waals surface area contributed by atoms with E-state index in [9.17, 15) is 39.0 Å². The van der Waals surface area contributed by atoms with Gasteiger partial charge < -0.3 is 47.0 Å². The van der Waals surface area contributed by atoms with Crippen LogP contribution in [-0.4, -0.2) is 90.1 Å². The van der Waals surface area contributed by atoms with Gasteiger partial charge in [-0.25, -0.2) is 9.78 Å². The molecule has 0 aliphatic heterocycles. The molecule has 0 radical (unpaired) electrons. The number of nitrogens with zero attached hydrogens (tertiary/aromatic N) is 1. The molecule has 10 N–H and O–H groups in total. The second kappa shape index (κ2) is 14.4. The van der Waals surface area contributed by atoms with E-state index in [2.05, 4.69) is 30.9 Å². The molecule has 2 heterocycles. The minimum Gasteiger partial charge on any atom is -0.481 e. The summed E-state index contributed by atoms with van der Waals surface area (Å²) < 4.78 is 0. The number of benzene rings is 1. The van der Waals surface area contributed by atoms with Gasteiger partial charge in [-0.1, -0.05) is 18.2 Å². The van der Waals surface area contributed by atoms with Crippen LogP contribution in [0.4, 0.5) is 0 Å². The third-order valence-corrected chi connectivity index (χ3v) is 6.34. The number of nitrogens with one attached hydrogen (secondary N) is 5. The number of H-pyrrole nitrogens is 2. The van der Waals surface area contributed by atoms with Crippen LogP contribution in [-0.2, 0) is 41.6 Å². The normalized spacial score (nSPS) is 13.8. The Kier molecular flexibility index (Phi) is 10.7. The van der Waals surface area contributed by atoms with Crippen LogP contribution in [0.1, 0.15) is 30.5 Å². The molecule has 2 aromatic heterocycles. The number of carboxylic acids is 3. The quantitative estimate of drug-likeness (QED) is 0.0971. The van der Waals surface area contributed by atoms with Gasteiger partial charge in [0.15, 0.2) is 0 Å². The zero-order valence-electron chi connectivity index (χ0n) is 22.2. The minimum atomic E-state index is -1.75. The summed E-state index contributed by atoms with van der Waals surface area (Å²) in [6, 6.07) is 1.46. The van der Waals surface area contributed by atoms with Crippen LogP contribution in [0.2, 0.25) is 0 Å². The van der Waals surface area contributed by atoms with Gasteiger partial charge in [-0.15, -0.1) is 0 Å². The molecule has 0 saturated heterocycles. The lowest BCUT2D eigenvalue weighted by Gasteiger charge is -2.24. The van der Waals surface area contributed by atoms with E-state index in [4.69, 9.17) is 10.8 Å². The third kappa shape index (κ3) is 8.88. The standard InChI is InChI=1S/C26H31N7O9/c27-16(7-13-10-29-17-4-2-1-3-15(13)17)23(38)31-18(5-6-21(34)35)24(39)32-19(9-22(36)37)25(40)33-20(26(41)42)8-14-11-28-12-30-14/h1-4,10-12,16,18-20,29H,5-9,27H2,(H,28,30)(H,31,38)(H,32,39)(H,33,40)(H,34,35)(H,36,37)(H,41,42)/t16-,18-,19-,20-/m0/s1. The van der Waals surface area contributed by atoms with E-state index >= 15 is 0 Å². The maximum absolute atomic E-state index is 13.1. The number of rotatable bonds is 16. The maximum Gasteiger partial charge on any atom is 0.326 e. The lowest BCUT2D eigenvalue weighted by Crippen LogP contribution is -2.57. The molecule has 224 valence electrons. The number of nitrogens with two attached hydrogens (primary N) is 1. The number of fused-ring (bicyclic) bond motifs is 1. The predicted octanol–water partition coefficient (Wildman–Crippen LogP) is -1.12. The minimum absolute atomic E-state index is 0.0834. The van der Waals surface area contributed by atoms with Crippen LogP contribution in [0.5, 0.6) is 0 Å². The van der Waals surface area contributed by atoms with Crippen LogP contribution >= 0.6 is 0 Å². The smallest absolute Gasteiger partial charge is 0.326 e. The van der Waals surface area contributed by atoms with Gasteiger partial charge in [0.1, 0.15) is 18.1 Å². The van der Waals surface area contributed by atoms with Crippen molar-refractivity contribution in [1.82, 2.24) is 30.9 Å². The SMILES string of the molecule is N[C@@H](Cc1c[nH]c2ccccc12)C(=O)N[C@@H](CCC(=O)O)C(=O)N[C@@H](CC(=O)O)C(=O)N[C@@H](Cc1cnc[nH]1)C(=O)O. The van der Waals surface area contributed by atoms with E-state index < -0.39 is 79.1 Å². The molecule has 42 heavy (non-hydrogen) atoms. The number of aromatic nitrogens is 3. The van der Waals surface area contributed by atoms with E-state index in [-0.39, 0.29) is 12.8 Å². The molecule has 0 aliphatic rings. The molecule has 3 aromatic rings. The lowest BCUT2D eigenvalue weighted by molar-refractivity contribution is -0.143. The van der Waals surface area contributed by atoms with E-state index in [0.29, 0.717) is 5.69 Å². The average Bonchev–Trinajstić information content (AvgIpc) is 3.59. The fourth-order valence-electron chi connectivity index (χ4n) is 4.19. The fraction of sp³-hybridized carbons (Fsp3) is 0.346. The molecule has 4 atom stereocenters. The number of aliphatic carboxylic acids is 3. The van der Waals surface area contributed by atoms with Crippen LogP contribution in [0.3, 0.4) is 0 Å². The van der Waals surface area contributed by atoms with Gasteiger partial charge in [-0.05, 0) is 24.5 Å². The van der Waals surface area contributed by atoms with Gasteiger partial charge in [0, 0.05) is 41.8 Å². The molecular weight excluding hydrogens is 554 g/mol. The predicted molar refractivity (Wildman–Crippen MR) is 145 cm³/mol. The highest BCUT2D eigenvalue weighted by molar-refractivity contribution is 5.96. The van der Waals surface area contributed by atoms with E-state index in [0.717, 1.165) is 16.5 Å². The Labute approximate surface area is 238 Å². The number of carbonyl (C=O) groups excluding carboxylic acids is 3.